The van der Waals surface area contributed by atoms with Gasteiger partial charge in [0, 0.05) is 11.3 Å². The fraction of sp³-hybridized carbons (Fsp3) is 1.00. The van der Waals surface area contributed by atoms with Crippen LogP contribution in [0.5, 0.6) is 0 Å². The second-order valence-corrected chi connectivity index (χ2v) is 5.68. The quantitative estimate of drug-likeness (QED) is 0.257. The van der Waals surface area contributed by atoms with E-state index in [9.17, 15) is 15.1 Å². The van der Waals surface area contributed by atoms with Crippen molar-refractivity contribution >= 4 is 7.94 Å². The molecule has 0 aromatic heterocycles. The molecule has 0 saturated carbocycles. The van der Waals surface area contributed by atoms with Gasteiger partial charge in [-0.3, -0.25) is 4.74 Å². The van der Waals surface area contributed by atoms with E-state index in [-0.39, 0.29) is 12.6 Å². The van der Waals surface area contributed by atoms with Crippen LogP contribution in [0.1, 0.15) is 6.42 Å². The molecular formula is C7H17N2O7P+2. The Balaban J connectivity index is 2.48. The van der Waals surface area contributed by atoms with Gasteiger partial charge in [0.2, 0.25) is 7.11 Å². The van der Waals surface area contributed by atoms with Gasteiger partial charge in [-0.2, -0.15) is 11.8 Å². The topological polar surface area (TPSA) is 151 Å². The SMILES string of the molecule is C[O+][C@H]1O[C@H](CC[P+]([O])(ON)ON)[C@@H](O)[C@@H]1O. The summed E-state index contributed by atoms with van der Waals surface area (Å²) in [6.07, 6.45) is -4.05. The number of aliphatic hydroxyl groups excluding tert-OH is 2. The zero-order valence-electron chi connectivity index (χ0n) is 9.26. The van der Waals surface area contributed by atoms with Crippen molar-refractivity contribution in [3.05, 3.63) is 0 Å². The Morgan fingerprint density at radius 1 is 1.35 bits per heavy atom. The van der Waals surface area contributed by atoms with Gasteiger partial charge in [-0.05, 0) is 0 Å². The zero-order valence-corrected chi connectivity index (χ0v) is 10.2. The van der Waals surface area contributed by atoms with E-state index in [2.05, 4.69) is 9.25 Å². The fourth-order valence-corrected chi connectivity index (χ4v) is 2.39. The number of hydrogen-bond donors (Lipinski definition) is 4. The molecule has 0 unspecified atom stereocenters. The highest BCUT2D eigenvalue weighted by Crippen LogP contribution is 2.55. The summed E-state index contributed by atoms with van der Waals surface area (Å²) in [5.41, 5.74) is 0. The summed E-state index contributed by atoms with van der Waals surface area (Å²) in [4.78, 5) is 11.5. The molecule has 1 heterocycles. The van der Waals surface area contributed by atoms with Crippen molar-refractivity contribution in [2.75, 3.05) is 13.3 Å². The van der Waals surface area contributed by atoms with Crippen LogP contribution < -0.4 is 11.8 Å². The number of aliphatic hydroxyl groups is 2. The second kappa shape index (κ2) is 6.30. The minimum atomic E-state index is -3.57. The van der Waals surface area contributed by atoms with Gasteiger partial charge in [0.25, 0.3) is 0 Å². The number of hydrogen-bond acceptors (Lipinski definition) is 8. The van der Waals surface area contributed by atoms with Crippen molar-refractivity contribution in [1.82, 2.24) is 0 Å². The third kappa shape index (κ3) is 3.52. The first-order valence-electron chi connectivity index (χ1n) is 4.88. The van der Waals surface area contributed by atoms with Crippen molar-refractivity contribution in [1.29, 1.82) is 0 Å². The molecule has 6 N–H and O–H groups in total. The Bertz CT molecular complexity index is 242. The van der Waals surface area contributed by atoms with Gasteiger partial charge in [0.15, 0.2) is 12.3 Å². The monoisotopic (exact) mass is 272 g/mol. The number of ether oxygens (including phenoxy) is 2. The molecule has 2 radical (unpaired) electrons. The van der Waals surface area contributed by atoms with Crippen LogP contribution in [-0.2, 0) is 23.6 Å². The molecule has 4 atom stereocenters. The largest absolute Gasteiger partial charge is 0.495 e. The number of methoxy groups -OCH3 is 1. The van der Waals surface area contributed by atoms with Crippen LogP contribution in [0.3, 0.4) is 0 Å². The van der Waals surface area contributed by atoms with Crippen LogP contribution in [-0.4, -0.2) is 48.1 Å². The molecular weight excluding hydrogens is 255 g/mol. The first-order chi connectivity index (χ1) is 7.97. The first-order valence-corrected chi connectivity index (χ1v) is 6.60. The van der Waals surface area contributed by atoms with Gasteiger partial charge in [0.1, 0.15) is 6.10 Å². The van der Waals surface area contributed by atoms with Crippen LogP contribution >= 0.6 is 7.94 Å². The lowest BCUT2D eigenvalue weighted by atomic mass is 10.1. The molecule has 1 fully saturated rings. The van der Waals surface area contributed by atoms with E-state index in [1.54, 1.807) is 0 Å². The Kier molecular flexibility index (Phi) is 5.61. The fourth-order valence-electron chi connectivity index (χ4n) is 1.56. The van der Waals surface area contributed by atoms with Gasteiger partial charge >= 0.3 is 14.2 Å². The highest BCUT2D eigenvalue weighted by Gasteiger charge is 2.52. The predicted octanol–water partition coefficient (Wildman–Crippen LogP) is -1.56. The Labute approximate surface area is 98.7 Å². The number of rotatable bonds is 6. The summed E-state index contributed by atoms with van der Waals surface area (Å²) in [6, 6.07) is 0. The number of nitrogens with two attached hydrogens (primary N) is 2. The molecule has 0 aromatic rings. The van der Waals surface area contributed by atoms with Gasteiger partial charge in [-0.25, -0.2) is 0 Å². The highest BCUT2D eigenvalue weighted by molar-refractivity contribution is 7.60. The normalized spacial score (nSPS) is 34.2. The van der Waals surface area contributed by atoms with Crippen LogP contribution in [0.15, 0.2) is 0 Å². The average Bonchev–Trinajstić information content (AvgIpc) is 2.63. The Morgan fingerprint density at radius 2 is 1.94 bits per heavy atom. The van der Waals surface area contributed by atoms with E-state index >= 15 is 0 Å². The van der Waals surface area contributed by atoms with Gasteiger partial charge < -0.3 is 10.2 Å². The molecule has 0 aromatic carbocycles. The van der Waals surface area contributed by atoms with Crippen LogP contribution in [0.4, 0.5) is 0 Å². The molecule has 1 saturated heterocycles. The van der Waals surface area contributed by atoms with Crippen LogP contribution in [0, 0.1) is 0 Å². The smallest absolute Gasteiger partial charge is 0.387 e. The minimum absolute atomic E-state index is 0.0871. The lowest BCUT2D eigenvalue weighted by Crippen LogP contribution is -2.33. The van der Waals surface area contributed by atoms with E-state index in [4.69, 9.17) is 21.3 Å². The maximum absolute atomic E-state index is 11.5. The van der Waals surface area contributed by atoms with Gasteiger partial charge in [-0.1, -0.05) is 9.25 Å². The third-order valence-electron chi connectivity index (χ3n) is 2.56. The van der Waals surface area contributed by atoms with Gasteiger partial charge in [0.05, 0.1) is 6.10 Å². The Hall–Kier alpha value is 0.0700. The molecule has 1 aliphatic rings. The summed E-state index contributed by atoms with van der Waals surface area (Å²) in [5, 5.41) is 19.1. The second-order valence-electron chi connectivity index (χ2n) is 3.59. The Morgan fingerprint density at radius 3 is 2.35 bits per heavy atom. The molecule has 100 valence electrons. The van der Waals surface area contributed by atoms with E-state index in [1.165, 1.54) is 7.11 Å². The summed E-state index contributed by atoms with van der Waals surface area (Å²) >= 11 is 0. The summed E-state index contributed by atoms with van der Waals surface area (Å²) in [6.45, 7) is 0. The standard InChI is InChI=1S/C7H17N2O7P/c1-13-7-6(11)5(10)4(14-7)2-3-17(12,15-8)16-9/h4-7,10-11H,2-3,8-9H2,1H3/q+2/t4-,5-,6+,7+/m1/s1. The first kappa shape index (κ1) is 15.1. The molecule has 0 spiro atoms. The summed E-state index contributed by atoms with van der Waals surface area (Å²) in [7, 11) is -2.23. The molecule has 1 rings (SSSR count). The van der Waals surface area contributed by atoms with E-state index in [0.717, 1.165) is 0 Å². The molecule has 9 nitrogen and oxygen atoms in total. The maximum atomic E-state index is 11.5. The minimum Gasteiger partial charge on any atom is -0.387 e. The summed E-state index contributed by atoms with van der Waals surface area (Å²) < 4.78 is 18.3. The van der Waals surface area contributed by atoms with Gasteiger partial charge in [-0.15, -0.1) is 4.74 Å². The predicted molar refractivity (Wildman–Crippen MR) is 55.3 cm³/mol. The van der Waals surface area contributed by atoms with Crippen molar-refractivity contribution in [3.8, 4) is 0 Å². The van der Waals surface area contributed by atoms with Crippen LogP contribution in [0.25, 0.3) is 0 Å². The lowest BCUT2D eigenvalue weighted by molar-refractivity contribution is -0.148. The molecule has 0 aliphatic carbocycles. The van der Waals surface area contributed by atoms with Crippen LogP contribution in [0.2, 0.25) is 0 Å². The zero-order chi connectivity index (χ0) is 13.1. The molecule has 17 heavy (non-hydrogen) atoms. The molecule has 10 heteroatoms. The van der Waals surface area contributed by atoms with E-state index in [1.807, 2.05) is 0 Å². The molecule has 0 bridgehead atoms. The van der Waals surface area contributed by atoms with Crippen molar-refractivity contribution < 1.29 is 33.8 Å². The average molecular weight is 272 g/mol. The summed E-state index contributed by atoms with van der Waals surface area (Å²) in [5.74, 6) is 9.54. The molecule has 1 aliphatic heterocycles. The highest BCUT2D eigenvalue weighted by atomic mass is 31.2. The molecule has 0 amide bonds. The van der Waals surface area contributed by atoms with Crippen molar-refractivity contribution in [3.63, 3.8) is 0 Å². The van der Waals surface area contributed by atoms with E-state index < -0.39 is 32.5 Å². The van der Waals surface area contributed by atoms with Crippen molar-refractivity contribution in [2.45, 2.75) is 31.0 Å². The maximum Gasteiger partial charge on any atom is 0.495 e. The third-order valence-corrected chi connectivity index (χ3v) is 4.01. The lowest BCUT2D eigenvalue weighted by Gasteiger charge is -2.13. The van der Waals surface area contributed by atoms with Crippen molar-refractivity contribution in [2.24, 2.45) is 11.8 Å². The van der Waals surface area contributed by atoms with E-state index in [0.29, 0.717) is 0 Å².